The van der Waals surface area contributed by atoms with Gasteiger partial charge in [0, 0.05) is 36.3 Å². The van der Waals surface area contributed by atoms with Crippen LogP contribution >= 0.6 is 0 Å². The van der Waals surface area contributed by atoms with Crippen LogP contribution in [0.25, 0.3) is 0 Å². The second-order valence-corrected chi connectivity index (χ2v) is 5.87. The molecule has 0 aromatic heterocycles. The van der Waals surface area contributed by atoms with E-state index in [-0.39, 0.29) is 18.5 Å². The molecule has 28 heavy (non-hydrogen) atoms. The highest BCUT2D eigenvalue weighted by molar-refractivity contribution is 6.07. The van der Waals surface area contributed by atoms with E-state index in [1.807, 2.05) is 13.0 Å². The molecule has 2 aromatic carbocycles. The van der Waals surface area contributed by atoms with Crippen LogP contribution < -0.4 is 10.6 Å². The van der Waals surface area contributed by atoms with E-state index >= 15 is 0 Å². The number of nitro benzene ring substituents is 2. The minimum Gasteiger partial charge on any atom is -0.370 e. The first-order valence-electron chi connectivity index (χ1n) is 8.37. The molecule has 0 aliphatic rings. The Balaban J connectivity index is 2.53. The average Bonchev–Trinajstić information content (AvgIpc) is 2.67. The minimum absolute atomic E-state index is 0.0318. The first-order chi connectivity index (χ1) is 13.3. The molecule has 2 rings (SSSR count). The van der Waals surface area contributed by atoms with Gasteiger partial charge in [-0.15, -0.1) is 0 Å². The van der Waals surface area contributed by atoms with Crippen LogP contribution in [0.15, 0.2) is 42.5 Å². The molecule has 0 saturated heterocycles. The van der Waals surface area contributed by atoms with E-state index in [1.165, 1.54) is 4.90 Å². The number of nitro groups is 2. The molecule has 146 valence electrons. The van der Waals surface area contributed by atoms with Gasteiger partial charge in [0.1, 0.15) is 0 Å². The van der Waals surface area contributed by atoms with Gasteiger partial charge in [-0.1, -0.05) is 25.1 Å². The fourth-order valence-corrected chi connectivity index (χ4v) is 2.74. The third kappa shape index (κ3) is 4.47. The van der Waals surface area contributed by atoms with Crippen molar-refractivity contribution in [3.05, 3.63) is 73.8 Å². The second-order valence-electron chi connectivity index (χ2n) is 5.87. The predicted molar refractivity (Wildman–Crippen MR) is 101 cm³/mol. The molecule has 0 atom stereocenters. The van der Waals surface area contributed by atoms with Gasteiger partial charge < -0.3 is 10.6 Å². The highest BCUT2D eigenvalue weighted by Gasteiger charge is 2.28. The van der Waals surface area contributed by atoms with Crippen molar-refractivity contribution in [2.24, 2.45) is 5.73 Å². The van der Waals surface area contributed by atoms with E-state index in [0.717, 1.165) is 23.8 Å². The first kappa shape index (κ1) is 20.5. The van der Waals surface area contributed by atoms with E-state index in [1.54, 1.807) is 18.2 Å². The summed E-state index contributed by atoms with van der Waals surface area (Å²) in [4.78, 5) is 45.9. The van der Waals surface area contributed by atoms with Crippen LogP contribution in [0.5, 0.6) is 0 Å². The topological polar surface area (TPSA) is 150 Å². The molecule has 0 unspecified atom stereocenters. The summed E-state index contributed by atoms with van der Waals surface area (Å²) in [6, 6.07) is 9.97. The quantitative estimate of drug-likeness (QED) is 0.544. The zero-order valence-corrected chi connectivity index (χ0v) is 15.0. The number of nitrogens with zero attached hydrogens (tertiary/aromatic N) is 3. The number of para-hydroxylation sites is 1. The average molecular weight is 386 g/mol. The lowest BCUT2D eigenvalue weighted by atomic mass is 10.1. The molecule has 0 radical (unpaired) electrons. The normalized spacial score (nSPS) is 10.3. The van der Waals surface area contributed by atoms with E-state index in [9.17, 15) is 29.8 Å². The summed E-state index contributed by atoms with van der Waals surface area (Å²) in [5.41, 5.74) is 4.98. The van der Waals surface area contributed by atoms with Gasteiger partial charge in [-0.3, -0.25) is 29.8 Å². The molecule has 2 amide bonds. The number of anilines is 1. The van der Waals surface area contributed by atoms with E-state index in [2.05, 4.69) is 0 Å². The number of carbonyl (C=O) groups is 2. The third-order valence-corrected chi connectivity index (χ3v) is 4.11. The van der Waals surface area contributed by atoms with Crippen LogP contribution in [0.1, 0.15) is 29.3 Å². The number of amides is 2. The molecule has 0 fully saturated rings. The Morgan fingerprint density at radius 3 is 2.25 bits per heavy atom. The van der Waals surface area contributed by atoms with Gasteiger partial charge in [0.05, 0.1) is 9.85 Å². The van der Waals surface area contributed by atoms with Crippen molar-refractivity contribution in [1.82, 2.24) is 0 Å². The van der Waals surface area contributed by atoms with Crippen molar-refractivity contribution in [2.45, 2.75) is 19.8 Å². The Hall–Kier alpha value is -3.82. The number of hydrogen-bond acceptors (Lipinski definition) is 6. The van der Waals surface area contributed by atoms with Gasteiger partial charge in [-0.05, 0) is 24.1 Å². The molecular weight excluding hydrogens is 368 g/mol. The first-order valence-corrected chi connectivity index (χ1v) is 8.37. The second kappa shape index (κ2) is 8.71. The zero-order chi connectivity index (χ0) is 20.8. The Bertz CT molecular complexity index is 943. The van der Waals surface area contributed by atoms with Crippen LogP contribution in [-0.4, -0.2) is 28.2 Å². The molecule has 10 nitrogen and oxygen atoms in total. The Labute approximate surface area is 159 Å². The minimum atomic E-state index is -0.914. The maximum absolute atomic E-state index is 13.1. The molecule has 2 aromatic rings. The number of rotatable bonds is 8. The number of benzene rings is 2. The predicted octanol–water partition coefficient (Wildman–Crippen LogP) is 2.59. The van der Waals surface area contributed by atoms with Crippen LogP contribution in [0.3, 0.4) is 0 Å². The summed E-state index contributed by atoms with van der Waals surface area (Å²) < 4.78 is 0. The molecule has 0 aliphatic heterocycles. The van der Waals surface area contributed by atoms with Crippen molar-refractivity contribution in [1.29, 1.82) is 0 Å². The summed E-state index contributed by atoms with van der Waals surface area (Å²) in [5, 5.41) is 22.1. The smallest absolute Gasteiger partial charge is 0.346 e. The van der Waals surface area contributed by atoms with Crippen molar-refractivity contribution < 1.29 is 19.4 Å². The van der Waals surface area contributed by atoms with Gasteiger partial charge in [0.2, 0.25) is 5.91 Å². The maximum atomic E-state index is 13.1. The Morgan fingerprint density at radius 2 is 1.68 bits per heavy atom. The number of primary amides is 1. The molecule has 0 saturated carbocycles. The highest BCUT2D eigenvalue weighted by Crippen LogP contribution is 2.29. The summed E-state index contributed by atoms with van der Waals surface area (Å²) >= 11 is 0. The number of aryl methyl sites for hydroxylation is 1. The number of nitrogens with two attached hydrogens (primary N) is 1. The standard InChI is InChI=1S/C18H18N4O6/c1-2-12-5-3-4-6-14(12)20(10-9-17(19)23)18(24)13-7-8-15(21(25)26)16(11-13)22(27)28/h3-8,11H,2,9-10H2,1H3,(H2,19,23). The molecular formula is C18H18N4O6. The monoisotopic (exact) mass is 386 g/mol. The zero-order valence-electron chi connectivity index (χ0n) is 15.0. The molecule has 0 bridgehead atoms. The van der Waals surface area contributed by atoms with E-state index in [0.29, 0.717) is 12.1 Å². The fraction of sp³-hybridized carbons (Fsp3) is 0.222. The lowest BCUT2D eigenvalue weighted by Crippen LogP contribution is -2.34. The highest BCUT2D eigenvalue weighted by atomic mass is 16.6. The lowest BCUT2D eigenvalue weighted by molar-refractivity contribution is -0.422. The van der Waals surface area contributed by atoms with E-state index in [4.69, 9.17) is 5.73 Å². The number of carbonyl (C=O) groups excluding carboxylic acids is 2. The van der Waals surface area contributed by atoms with Crippen LogP contribution in [-0.2, 0) is 11.2 Å². The number of hydrogen-bond donors (Lipinski definition) is 1. The van der Waals surface area contributed by atoms with Gasteiger partial charge in [0.15, 0.2) is 0 Å². The Morgan fingerprint density at radius 1 is 1.04 bits per heavy atom. The van der Waals surface area contributed by atoms with Crippen molar-refractivity contribution in [3.63, 3.8) is 0 Å². The largest absolute Gasteiger partial charge is 0.370 e. The van der Waals surface area contributed by atoms with E-state index < -0.39 is 33.0 Å². The SMILES string of the molecule is CCc1ccccc1N(CCC(N)=O)C(=O)c1ccc([N+](=O)[O-])c([N+](=O)[O-])c1. The lowest BCUT2D eigenvalue weighted by Gasteiger charge is -2.25. The van der Waals surface area contributed by atoms with Crippen LogP contribution in [0.2, 0.25) is 0 Å². The van der Waals surface area contributed by atoms with Gasteiger partial charge in [0.25, 0.3) is 5.91 Å². The van der Waals surface area contributed by atoms with Gasteiger partial charge in [-0.2, -0.15) is 0 Å². The van der Waals surface area contributed by atoms with Crippen LogP contribution in [0, 0.1) is 20.2 Å². The van der Waals surface area contributed by atoms with Crippen LogP contribution in [0.4, 0.5) is 17.1 Å². The third-order valence-electron chi connectivity index (χ3n) is 4.11. The molecule has 0 heterocycles. The summed E-state index contributed by atoms with van der Waals surface area (Å²) in [6.45, 7) is 1.86. The maximum Gasteiger partial charge on any atom is 0.346 e. The summed E-state index contributed by atoms with van der Waals surface area (Å²) in [5.74, 6) is -1.23. The molecule has 10 heteroatoms. The molecule has 0 spiro atoms. The van der Waals surface area contributed by atoms with Crippen molar-refractivity contribution >= 4 is 28.9 Å². The fourth-order valence-electron chi connectivity index (χ4n) is 2.74. The van der Waals surface area contributed by atoms with Gasteiger partial charge in [-0.25, -0.2) is 0 Å². The van der Waals surface area contributed by atoms with Gasteiger partial charge >= 0.3 is 11.4 Å². The summed E-state index contributed by atoms with van der Waals surface area (Å²) in [7, 11) is 0. The molecule has 0 aliphatic carbocycles. The Kier molecular flexibility index (Phi) is 6.38. The summed E-state index contributed by atoms with van der Waals surface area (Å²) in [6.07, 6.45) is 0.496. The van der Waals surface area contributed by atoms with Crippen molar-refractivity contribution in [3.8, 4) is 0 Å². The molecule has 2 N–H and O–H groups in total. The van der Waals surface area contributed by atoms with Crippen molar-refractivity contribution in [2.75, 3.05) is 11.4 Å².